The number of carbonyl (C=O) groups excluding carboxylic acids is 1. The largest absolute Gasteiger partial charge is 0.350 e. The first-order valence-electron chi connectivity index (χ1n) is 8.39. The molecule has 25 heavy (non-hydrogen) atoms. The Morgan fingerprint density at radius 1 is 1.16 bits per heavy atom. The molecule has 0 aliphatic carbocycles. The maximum absolute atomic E-state index is 12.4. The van der Waals surface area contributed by atoms with Crippen LogP contribution in [0.25, 0.3) is 11.0 Å². The molecule has 1 unspecified atom stereocenters. The van der Waals surface area contributed by atoms with E-state index in [1.165, 1.54) is 5.56 Å². The van der Waals surface area contributed by atoms with Crippen molar-refractivity contribution in [2.45, 2.75) is 25.8 Å². The summed E-state index contributed by atoms with van der Waals surface area (Å²) in [4.78, 5) is 12.4. The molecule has 3 N–H and O–H groups in total. The molecule has 1 aromatic heterocycles. The lowest BCUT2D eigenvalue weighted by atomic mass is 9.99. The number of amides is 1. The minimum absolute atomic E-state index is 0.165. The lowest BCUT2D eigenvalue weighted by molar-refractivity contribution is 0.0951. The molecule has 2 aromatic carbocycles. The Morgan fingerprint density at radius 2 is 1.84 bits per heavy atom. The van der Waals surface area contributed by atoms with Gasteiger partial charge in [-0.3, -0.25) is 4.79 Å². The summed E-state index contributed by atoms with van der Waals surface area (Å²) >= 11 is 0. The summed E-state index contributed by atoms with van der Waals surface area (Å²) in [5.41, 5.74) is 10.6. The average molecular weight is 337 g/mol. The fourth-order valence-corrected chi connectivity index (χ4v) is 2.73. The maximum atomic E-state index is 12.4. The van der Waals surface area contributed by atoms with Crippen molar-refractivity contribution >= 4 is 16.9 Å². The average Bonchev–Trinajstić information content (AvgIpc) is 3.00. The van der Waals surface area contributed by atoms with E-state index in [2.05, 4.69) is 41.6 Å². The molecule has 0 aliphatic rings. The number of fused-ring (bicyclic) bond motifs is 1. The predicted molar refractivity (Wildman–Crippen MR) is 98.3 cm³/mol. The van der Waals surface area contributed by atoms with Crippen molar-refractivity contribution in [3.63, 3.8) is 0 Å². The Labute approximate surface area is 147 Å². The highest BCUT2D eigenvalue weighted by atomic mass is 16.1. The van der Waals surface area contributed by atoms with Crippen LogP contribution >= 0.6 is 0 Å². The van der Waals surface area contributed by atoms with Gasteiger partial charge in [0.05, 0.1) is 5.52 Å². The fourth-order valence-electron chi connectivity index (χ4n) is 2.73. The van der Waals surface area contributed by atoms with E-state index in [1.54, 1.807) is 16.8 Å². The van der Waals surface area contributed by atoms with Crippen molar-refractivity contribution in [3.8, 4) is 0 Å². The van der Waals surface area contributed by atoms with Crippen molar-refractivity contribution in [2.75, 3.05) is 6.54 Å². The molecule has 1 amide bonds. The molecule has 130 valence electrons. The zero-order valence-electron chi connectivity index (χ0n) is 14.7. The molecule has 0 spiro atoms. The molecule has 3 rings (SSSR count). The van der Waals surface area contributed by atoms with Crippen molar-refractivity contribution in [2.24, 2.45) is 12.8 Å². The Kier molecular flexibility index (Phi) is 4.81. The van der Waals surface area contributed by atoms with Crippen LogP contribution in [0.3, 0.4) is 0 Å². The smallest absolute Gasteiger partial charge is 0.251 e. The molecule has 1 atom stereocenters. The van der Waals surface area contributed by atoms with Crippen LogP contribution in [0.5, 0.6) is 0 Å². The normalized spacial score (nSPS) is 12.5. The number of rotatable bonds is 5. The zero-order valence-corrected chi connectivity index (χ0v) is 14.7. The Balaban J connectivity index is 1.64. The topological polar surface area (TPSA) is 85.8 Å². The number of carbonyl (C=O) groups is 1. The number of nitrogens with zero attached hydrogens (tertiary/aromatic N) is 3. The van der Waals surface area contributed by atoms with E-state index in [4.69, 9.17) is 5.73 Å². The molecule has 0 bridgehead atoms. The molecular weight excluding hydrogens is 314 g/mol. The first-order chi connectivity index (χ1) is 12.0. The fraction of sp³-hybridized carbons (Fsp3) is 0.316. The second-order valence-corrected chi connectivity index (χ2v) is 6.55. The molecule has 1 heterocycles. The molecule has 0 saturated carbocycles. The number of aryl methyl sites for hydroxylation is 1. The van der Waals surface area contributed by atoms with Crippen molar-refractivity contribution in [1.82, 2.24) is 20.3 Å². The lowest BCUT2D eigenvalue weighted by Gasteiger charge is -2.14. The van der Waals surface area contributed by atoms with Gasteiger partial charge < -0.3 is 11.1 Å². The van der Waals surface area contributed by atoms with E-state index in [1.807, 2.05) is 25.2 Å². The molecule has 6 heteroatoms. The summed E-state index contributed by atoms with van der Waals surface area (Å²) in [7, 11) is 1.82. The van der Waals surface area contributed by atoms with Gasteiger partial charge in [0.15, 0.2) is 0 Å². The number of nitrogens with one attached hydrogen (secondary N) is 1. The van der Waals surface area contributed by atoms with Gasteiger partial charge in [0, 0.05) is 25.2 Å². The van der Waals surface area contributed by atoms with E-state index in [0.29, 0.717) is 23.5 Å². The molecule has 6 nitrogen and oxygen atoms in total. The van der Waals surface area contributed by atoms with Gasteiger partial charge in [-0.25, -0.2) is 4.68 Å². The van der Waals surface area contributed by atoms with Crippen LogP contribution in [-0.2, 0) is 7.05 Å². The van der Waals surface area contributed by atoms with E-state index in [9.17, 15) is 4.79 Å². The Morgan fingerprint density at radius 3 is 2.52 bits per heavy atom. The summed E-state index contributed by atoms with van der Waals surface area (Å²) < 4.78 is 1.67. The third-order valence-electron chi connectivity index (χ3n) is 4.39. The number of hydrogen-bond acceptors (Lipinski definition) is 4. The van der Waals surface area contributed by atoms with E-state index in [0.717, 1.165) is 11.1 Å². The molecule has 0 fully saturated rings. The second-order valence-electron chi connectivity index (χ2n) is 6.55. The first-order valence-corrected chi connectivity index (χ1v) is 8.39. The van der Waals surface area contributed by atoms with E-state index < -0.39 is 0 Å². The van der Waals surface area contributed by atoms with Crippen molar-refractivity contribution < 1.29 is 4.79 Å². The van der Waals surface area contributed by atoms with Gasteiger partial charge in [0.1, 0.15) is 5.52 Å². The monoisotopic (exact) mass is 337 g/mol. The van der Waals surface area contributed by atoms with Crippen LogP contribution in [0.1, 0.15) is 47.3 Å². The summed E-state index contributed by atoms with van der Waals surface area (Å²) in [5.74, 6) is 0.322. The van der Waals surface area contributed by atoms with E-state index >= 15 is 0 Å². The first kappa shape index (κ1) is 17.1. The van der Waals surface area contributed by atoms with Gasteiger partial charge in [-0.05, 0) is 35.2 Å². The third kappa shape index (κ3) is 3.69. The minimum Gasteiger partial charge on any atom is -0.350 e. The predicted octanol–water partition coefficient (Wildman–Crippen LogP) is 2.52. The highest BCUT2D eigenvalue weighted by Gasteiger charge is 2.12. The SMILES string of the molecule is CC(C)c1ccc(C(N)CNC(=O)c2ccc3c(c2)nnn3C)cc1. The van der Waals surface area contributed by atoms with Crippen LogP contribution in [0.15, 0.2) is 42.5 Å². The number of nitrogens with two attached hydrogens (primary N) is 1. The second kappa shape index (κ2) is 7.03. The summed E-state index contributed by atoms with van der Waals surface area (Å²) in [6.45, 7) is 4.69. The maximum Gasteiger partial charge on any atom is 0.251 e. The summed E-state index contributed by atoms with van der Waals surface area (Å²) in [6.07, 6.45) is 0. The van der Waals surface area contributed by atoms with Crippen molar-refractivity contribution in [1.29, 1.82) is 0 Å². The van der Waals surface area contributed by atoms with Gasteiger partial charge in [-0.15, -0.1) is 5.10 Å². The Hall–Kier alpha value is -2.73. The van der Waals surface area contributed by atoms with Crippen LogP contribution in [0.2, 0.25) is 0 Å². The van der Waals surface area contributed by atoms with Gasteiger partial charge in [-0.1, -0.05) is 43.3 Å². The number of benzene rings is 2. The quantitative estimate of drug-likeness (QED) is 0.749. The standard InChI is InChI=1S/C19H23N5O/c1-12(2)13-4-6-14(7-5-13)16(20)11-21-19(25)15-8-9-18-17(10-15)22-23-24(18)3/h4-10,12,16H,11,20H2,1-3H3,(H,21,25). The molecule has 0 radical (unpaired) electrons. The van der Waals surface area contributed by atoms with Gasteiger partial charge in [0.25, 0.3) is 5.91 Å². The van der Waals surface area contributed by atoms with Crippen LogP contribution < -0.4 is 11.1 Å². The summed E-state index contributed by atoms with van der Waals surface area (Å²) in [6, 6.07) is 13.3. The van der Waals surface area contributed by atoms with Gasteiger partial charge in [-0.2, -0.15) is 0 Å². The van der Waals surface area contributed by atoms with Gasteiger partial charge in [0.2, 0.25) is 0 Å². The van der Waals surface area contributed by atoms with Gasteiger partial charge >= 0.3 is 0 Å². The Bertz CT molecular complexity index is 882. The lowest BCUT2D eigenvalue weighted by Crippen LogP contribution is -2.31. The zero-order chi connectivity index (χ0) is 18.0. The number of hydrogen-bond donors (Lipinski definition) is 2. The van der Waals surface area contributed by atoms with Crippen LogP contribution in [0, 0.1) is 0 Å². The third-order valence-corrected chi connectivity index (χ3v) is 4.39. The highest BCUT2D eigenvalue weighted by molar-refractivity contribution is 5.97. The summed E-state index contributed by atoms with van der Waals surface area (Å²) in [5, 5.41) is 10.9. The molecule has 0 saturated heterocycles. The molecular formula is C19H23N5O. The highest BCUT2D eigenvalue weighted by Crippen LogP contribution is 2.18. The van der Waals surface area contributed by atoms with Crippen LogP contribution in [0.4, 0.5) is 0 Å². The number of aromatic nitrogens is 3. The molecule has 3 aromatic rings. The van der Waals surface area contributed by atoms with Crippen molar-refractivity contribution in [3.05, 3.63) is 59.2 Å². The van der Waals surface area contributed by atoms with Crippen LogP contribution in [-0.4, -0.2) is 27.4 Å². The van der Waals surface area contributed by atoms with E-state index in [-0.39, 0.29) is 11.9 Å². The minimum atomic E-state index is -0.245. The molecule has 0 aliphatic heterocycles.